The zero-order valence-corrected chi connectivity index (χ0v) is 13.5. The lowest BCUT2D eigenvalue weighted by atomic mass is 9.78. The molecule has 0 saturated heterocycles. The molecule has 0 aliphatic rings. The van der Waals surface area contributed by atoms with E-state index in [4.69, 9.17) is 0 Å². The molecule has 2 atom stereocenters. The van der Waals surface area contributed by atoms with Crippen LogP contribution in [-0.2, 0) is 6.42 Å². The predicted octanol–water partition coefficient (Wildman–Crippen LogP) is 5.26. The van der Waals surface area contributed by atoms with Crippen molar-refractivity contribution in [1.29, 1.82) is 0 Å². The standard InChI is InChI=1S/C18H30O/c1-7-8-16(15(6)12(2)3)11-17-10-13(4)9-14(5)18(17)19/h9-10,12,15-16,19H,7-8,11H2,1-6H3. The summed E-state index contributed by atoms with van der Waals surface area (Å²) in [5, 5.41) is 10.3. The highest BCUT2D eigenvalue weighted by Crippen LogP contribution is 2.32. The van der Waals surface area contributed by atoms with Crippen molar-refractivity contribution in [2.75, 3.05) is 0 Å². The van der Waals surface area contributed by atoms with Gasteiger partial charge in [-0.15, -0.1) is 0 Å². The van der Waals surface area contributed by atoms with Crippen molar-refractivity contribution >= 4 is 0 Å². The summed E-state index contributed by atoms with van der Waals surface area (Å²) in [6.45, 7) is 13.3. The molecule has 0 heterocycles. The molecule has 0 aliphatic heterocycles. The van der Waals surface area contributed by atoms with Crippen LogP contribution in [0.5, 0.6) is 5.75 Å². The van der Waals surface area contributed by atoms with Crippen molar-refractivity contribution < 1.29 is 5.11 Å². The molecule has 0 amide bonds. The van der Waals surface area contributed by atoms with Crippen LogP contribution in [0.3, 0.4) is 0 Å². The molecule has 1 aromatic rings. The Morgan fingerprint density at radius 1 is 1.11 bits per heavy atom. The number of phenols is 1. The van der Waals surface area contributed by atoms with E-state index >= 15 is 0 Å². The molecule has 0 fully saturated rings. The summed E-state index contributed by atoms with van der Waals surface area (Å²) < 4.78 is 0. The largest absolute Gasteiger partial charge is 0.507 e. The second kappa shape index (κ2) is 6.98. The zero-order chi connectivity index (χ0) is 14.6. The SMILES string of the molecule is CCCC(Cc1cc(C)cc(C)c1O)C(C)C(C)C. The van der Waals surface area contributed by atoms with Crippen molar-refractivity contribution in [2.24, 2.45) is 17.8 Å². The quantitative estimate of drug-likeness (QED) is 0.741. The Bertz CT molecular complexity index is 406. The lowest BCUT2D eigenvalue weighted by Gasteiger charge is -2.27. The molecule has 2 unspecified atom stereocenters. The van der Waals surface area contributed by atoms with Crippen LogP contribution in [0.1, 0.15) is 57.2 Å². The van der Waals surface area contributed by atoms with Crippen molar-refractivity contribution in [1.82, 2.24) is 0 Å². The van der Waals surface area contributed by atoms with Gasteiger partial charge in [0.25, 0.3) is 0 Å². The highest BCUT2D eigenvalue weighted by molar-refractivity contribution is 5.42. The van der Waals surface area contributed by atoms with E-state index in [2.05, 4.69) is 46.8 Å². The van der Waals surface area contributed by atoms with Crippen molar-refractivity contribution in [3.05, 3.63) is 28.8 Å². The first-order valence-corrected chi connectivity index (χ1v) is 7.65. The third kappa shape index (κ3) is 4.26. The second-order valence-corrected chi connectivity index (χ2v) is 6.45. The molecular formula is C18H30O. The Hall–Kier alpha value is -0.980. The molecule has 0 saturated carbocycles. The number of aryl methyl sites for hydroxylation is 2. The van der Waals surface area contributed by atoms with Gasteiger partial charge in [-0.3, -0.25) is 0 Å². The maximum Gasteiger partial charge on any atom is 0.121 e. The Kier molecular flexibility index (Phi) is 5.90. The van der Waals surface area contributed by atoms with Crippen LogP contribution >= 0.6 is 0 Å². The van der Waals surface area contributed by atoms with Gasteiger partial charge in [-0.1, -0.05) is 58.2 Å². The molecular weight excluding hydrogens is 232 g/mol. The molecule has 0 radical (unpaired) electrons. The van der Waals surface area contributed by atoms with Gasteiger partial charge in [0, 0.05) is 0 Å². The fraction of sp³-hybridized carbons (Fsp3) is 0.667. The van der Waals surface area contributed by atoms with Crippen molar-refractivity contribution in [3.8, 4) is 5.75 Å². The van der Waals surface area contributed by atoms with Gasteiger partial charge >= 0.3 is 0 Å². The summed E-state index contributed by atoms with van der Waals surface area (Å²) in [6.07, 6.45) is 3.46. The maximum absolute atomic E-state index is 10.3. The highest BCUT2D eigenvalue weighted by Gasteiger charge is 2.21. The highest BCUT2D eigenvalue weighted by atomic mass is 16.3. The van der Waals surface area contributed by atoms with Crippen LogP contribution in [0.4, 0.5) is 0 Å². The number of rotatable bonds is 6. The fourth-order valence-electron chi connectivity index (χ4n) is 2.95. The van der Waals surface area contributed by atoms with E-state index in [9.17, 15) is 5.11 Å². The average Bonchev–Trinajstić information content (AvgIpc) is 2.33. The molecule has 19 heavy (non-hydrogen) atoms. The van der Waals surface area contributed by atoms with E-state index in [1.807, 2.05) is 6.92 Å². The number of hydrogen-bond donors (Lipinski definition) is 1. The Morgan fingerprint density at radius 2 is 1.74 bits per heavy atom. The van der Waals surface area contributed by atoms with Crippen LogP contribution in [0.25, 0.3) is 0 Å². The first-order chi connectivity index (χ1) is 8.86. The van der Waals surface area contributed by atoms with Crippen molar-refractivity contribution in [3.63, 3.8) is 0 Å². The minimum Gasteiger partial charge on any atom is -0.507 e. The normalized spacial score (nSPS) is 14.7. The molecule has 0 spiro atoms. The monoisotopic (exact) mass is 262 g/mol. The van der Waals surface area contributed by atoms with Gasteiger partial charge in [0.2, 0.25) is 0 Å². The van der Waals surface area contributed by atoms with Crippen LogP contribution in [0.15, 0.2) is 12.1 Å². The third-order valence-corrected chi connectivity index (χ3v) is 4.46. The lowest BCUT2D eigenvalue weighted by molar-refractivity contribution is 0.256. The number of hydrogen-bond acceptors (Lipinski definition) is 1. The number of phenolic OH excluding ortho intramolecular Hbond substituents is 1. The van der Waals surface area contributed by atoms with E-state index < -0.39 is 0 Å². The first kappa shape index (κ1) is 16.1. The van der Waals surface area contributed by atoms with Crippen LogP contribution in [0.2, 0.25) is 0 Å². The number of aromatic hydroxyl groups is 1. The lowest BCUT2D eigenvalue weighted by Crippen LogP contribution is -2.19. The minimum absolute atomic E-state index is 0.502. The average molecular weight is 262 g/mol. The minimum atomic E-state index is 0.502. The Balaban J connectivity index is 2.96. The molecule has 1 N–H and O–H groups in total. The maximum atomic E-state index is 10.3. The van der Waals surface area contributed by atoms with Gasteiger partial charge in [0.1, 0.15) is 5.75 Å². The Labute approximate surface area is 119 Å². The summed E-state index contributed by atoms with van der Waals surface area (Å²) in [5.41, 5.74) is 3.38. The summed E-state index contributed by atoms with van der Waals surface area (Å²) in [6, 6.07) is 4.21. The molecule has 1 heteroatoms. The van der Waals surface area contributed by atoms with E-state index in [-0.39, 0.29) is 0 Å². The van der Waals surface area contributed by atoms with Gasteiger partial charge in [-0.05, 0) is 49.1 Å². The van der Waals surface area contributed by atoms with Crippen LogP contribution < -0.4 is 0 Å². The molecule has 0 aliphatic carbocycles. The smallest absolute Gasteiger partial charge is 0.121 e. The van der Waals surface area contributed by atoms with E-state index in [1.54, 1.807) is 0 Å². The van der Waals surface area contributed by atoms with Crippen molar-refractivity contribution in [2.45, 2.75) is 60.8 Å². The summed E-state index contributed by atoms with van der Waals surface area (Å²) in [7, 11) is 0. The molecule has 1 aromatic carbocycles. The molecule has 1 rings (SSSR count). The van der Waals surface area contributed by atoms with Gasteiger partial charge in [-0.25, -0.2) is 0 Å². The molecule has 0 aromatic heterocycles. The number of benzene rings is 1. The van der Waals surface area contributed by atoms with Gasteiger partial charge in [0.15, 0.2) is 0 Å². The third-order valence-electron chi connectivity index (χ3n) is 4.46. The second-order valence-electron chi connectivity index (χ2n) is 6.45. The zero-order valence-electron chi connectivity index (χ0n) is 13.5. The van der Waals surface area contributed by atoms with E-state index in [0.29, 0.717) is 23.5 Å². The van der Waals surface area contributed by atoms with Crippen LogP contribution in [0, 0.1) is 31.6 Å². The first-order valence-electron chi connectivity index (χ1n) is 7.65. The topological polar surface area (TPSA) is 20.2 Å². The fourth-order valence-corrected chi connectivity index (χ4v) is 2.95. The van der Waals surface area contributed by atoms with Gasteiger partial charge in [-0.2, -0.15) is 0 Å². The predicted molar refractivity (Wildman–Crippen MR) is 83.7 cm³/mol. The molecule has 1 nitrogen and oxygen atoms in total. The van der Waals surface area contributed by atoms with Gasteiger partial charge in [0.05, 0.1) is 0 Å². The summed E-state index contributed by atoms with van der Waals surface area (Å²) in [5.74, 6) is 2.56. The molecule has 108 valence electrons. The van der Waals surface area contributed by atoms with Gasteiger partial charge < -0.3 is 5.11 Å². The summed E-state index contributed by atoms with van der Waals surface area (Å²) in [4.78, 5) is 0. The van der Waals surface area contributed by atoms with E-state index in [1.165, 1.54) is 18.4 Å². The van der Waals surface area contributed by atoms with E-state index in [0.717, 1.165) is 17.5 Å². The molecule has 0 bridgehead atoms. The van der Waals surface area contributed by atoms with Crippen LogP contribution in [-0.4, -0.2) is 5.11 Å². The Morgan fingerprint density at radius 3 is 2.26 bits per heavy atom. The summed E-state index contributed by atoms with van der Waals surface area (Å²) >= 11 is 0.